The van der Waals surface area contributed by atoms with E-state index in [0.29, 0.717) is 16.7 Å². The van der Waals surface area contributed by atoms with E-state index in [2.05, 4.69) is 22.5 Å². The molecule has 172 valence electrons. The van der Waals surface area contributed by atoms with E-state index in [1.54, 1.807) is 18.9 Å². The number of nitrogens with zero attached hydrogens (tertiary/aromatic N) is 3. The van der Waals surface area contributed by atoms with Crippen LogP contribution in [0.15, 0.2) is 58.9 Å². The summed E-state index contributed by atoms with van der Waals surface area (Å²) in [7, 11) is 1.64. The van der Waals surface area contributed by atoms with Crippen LogP contribution in [0, 0.1) is 13.8 Å². The standard InChI is InChI=1S/C25H29N5O2S/c1-6-14-33-25-28-24-26-17(4)21(23(31)27-20-9-7-8-15(2)16(20)3)22(30(24)29-25)18-10-12-19(32-5)13-11-18/h7-13,22H,6,14H2,1-5H3,(H,27,31)(H,26,28,29). The third-order valence-corrected chi connectivity index (χ3v) is 6.84. The summed E-state index contributed by atoms with van der Waals surface area (Å²) in [5, 5.41) is 11.9. The number of aromatic nitrogens is 3. The molecule has 1 unspecified atom stereocenters. The van der Waals surface area contributed by atoms with Crippen LogP contribution in [0.3, 0.4) is 0 Å². The number of carbonyl (C=O) groups excluding carboxylic acids is 1. The molecule has 2 N–H and O–H groups in total. The van der Waals surface area contributed by atoms with Gasteiger partial charge in [-0.3, -0.25) is 4.79 Å². The molecule has 1 amide bonds. The highest BCUT2D eigenvalue weighted by Crippen LogP contribution is 2.37. The van der Waals surface area contributed by atoms with E-state index in [1.807, 2.05) is 67.9 Å². The van der Waals surface area contributed by atoms with Gasteiger partial charge in [0.15, 0.2) is 0 Å². The molecule has 0 fully saturated rings. The first kappa shape index (κ1) is 22.9. The normalized spacial score (nSPS) is 15.1. The van der Waals surface area contributed by atoms with E-state index in [0.717, 1.165) is 46.0 Å². The van der Waals surface area contributed by atoms with Gasteiger partial charge in [0.05, 0.1) is 12.7 Å². The number of hydrogen-bond acceptors (Lipinski definition) is 6. The van der Waals surface area contributed by atoms with Crippen molar-refractivity contribution in [3.63, 3.8) is 0 Å². The Bertz CT molecular complexity index is 1200. The zero-order chi connectivity index (χ0) is 23.5. The lowest BCUT2D eigenvalue weighted by molar-refractivity contribution is -0.113. The van der Waals surface area contributed by atoms with Crippen molar-refractivity contribution in [2.45, 2.75) is 45.3 Å². The minimum atomic E-state index is -0.416. The van der Waals surface area contributed by atoms with E-state index in [4.69, 9.17) is 9.84 Å². The Kier molecular flexibility index (Phi) is 6.74. The second kappa shape index (κ2) is 9.70. The van der Waals surface area contributed by atoms with Gasteiger partial charge in [-0.15, -0.1) is 5.10 Å². The molecule has 0 saturated carbocycles. The zero-order valence-electron chi connectivity index (χ0n) is 19.6. The van der Waals surface area contributed by atoms with Crippen LogP contribution >= 0.6 is 11.8 Å². The van der Waals surface area contributed by atoms with Crippen molar-refractivity contribution in [1.29, 1.82) is 0 Å². The summed E-state index contributed by atoms with van der Waals surface area (Å²) in [4.78, 5) is 18.3. The fourth-order valence-corrected chi connectivity index (χ4v) is 4.53. The second-order valence-electron chi connectivity index (χ2n) is 8.05. The van der Waals surface area contributed by atoms with Crippen molar-refractivity contribution < 1.29 is 9.53 Å². The molecular weight excluding hydrogens is 434 g/mol. The molecule has 0 saturated heterocycles. The highest BCUT2D eigenvalue weighted by Gasteiger charge is 2.34. The predicted octanol–water partition coefficient (Wildman–Crippen LogP) is 5.33. The molecule has 3 aromatic rings. The Morgan fingerprint density at radius 1 is 1.18 bits per heavy atom. The topological polar surface area (TPSA) is 81.1 Å². The van der Waals surface area contributed by atoms with Crippen molar-refractivity contribution in [1.82, 2.24) is 14.8 Å². The number of hydrogen-bond donors (Lipinski definition) is 2. The first-order valence-corrected chi connectivity index (χ1v) is 12.0. The molecule has 0 bridgehead atoms. The van der Waals surface area contributed by atoms with Gasteiger partial charge in [0, 0.05) is 17.1 Å². The van der Waals surface area contributed by atoms with Gasteiger partial charge in [0.25, 0.3) is 5.91 Å². The van der Waals surface area contributed by atoms with Gasteiger partial charge >= 0.3 is 0 Å². The van der Waals surface area contributed by atoms with Gasteiger partial charge in [-0.1, -0.05) is 43.0 Å². The van der Waals surface area contributed by atoms with Crippen LogP contribution in [0.25, 0.3) is 0 Å². The maximum absolute atomic E-state index is 13.6. The van der Waals surface area contributed by atoms with E-state index in [-0.39, 0.29) is 5.91 Å². The molecule has 2 heterocycles. The largest absolute Gasteiger partial charge is 0.497 e. The minimum Gasteiger partial charge on any atom is -0.497 e. The molecule has 2 aromatic carbocycles. The number of aryl methyl sites for hydroxylation is 1. The highest BCUT2D eigenvalue weighted by atomic mass is 32.2. The van der Waals surface area contributed by atoms with Crippen molar-refractivity contribution >= 4 is 29.3 Å². The van der Waals surface area contributed by atoms with Crippen molar-refractivity contribution in [2.24, 2.45) is 0 Å². The van der Waals surface area contributed by atoms with Crippen LogP contribution < -0.4 is 15.4 Å². The Morgan fingerprint density at radius 2 is 1.94 bits per heavy atom. The third kappa shape index (κ3) is 4.61. The summed E-state index contributed by atoms with van der Waals surface area (Å²) < 4.78 is 7.14. The van der Waals surface area contributed by atoms with E-state index >= 15 is 0 Å². The molecule has 33 heavy (non-hydrogen) atoms. The number of amides is 1. The number of benzene rings is 2. The van der Waals surface area contributed by atoms with Crippen LogP contribution in [0.4, 0.5) is 11.6 Å². The number of carbonyl (C=O) groups is 1. The van der Waals surface area contributed by atoms with Crippen LogP contribution in [-0.4, -0.2) is 33.5 Å². The number of allylic oxidation sites excluding steroid dienone is 1. The molecule has 0 spiro atoms. The zero-order valence-corrected chi connectivity index (χ0v) is 20.4. The number of ether oxygens (including phenoxy) is 1. The van der Waals surface area contributed by atoms with Crippen LogP contribution in [0.1, 0.15) is 43.0 Å². The number of methoxy groups -OCH3 is 1. The van der Waals surface area contributed by atoms with Gasteiger partial charge in [0.1, 0.15) is 11.8 Å². The Balaban J connectivity index is 1.76. The summed E-state index contributed by atoms with van der Waals surface area (Å²) in [5.74, 6) is 2.16. The summed E-state index contributed by atoms with van der Waals surface area (Å²) in [6.07, 6.45) is 1.03. The molecule has 1 aliphatic heterocycles. The first-order chi connectivity index (χ1) is 15.9. The Labute approximate surface area is 198 Å². The Hall–Kier alpha value is -3.26. The van der Waals surface area contributed by atoms with Crippen molar-refractivity contribution in [2.75, 3.05) is 23.5 Å². The summed E-state index contributed by atoms with van der Waals surface area (Å²) in [6.45, 7) is 8.09. The molecule has 1 aliphatic rings. The van der Waals surface area contributed by atoms with E-state index in [9.17, 15) is 4.79 Å². The van der Waals surface area contributed by atoms with Gasteiger partial charge in [-0.05, 0) is 62.1 Å². The fourth-order valence-electron chi connectivity index (χ4n) is 3.85. The Morgan fingerprint density at radius 3 is 2.64 bits per heavy atom. The van der Waals surface area contributed by atoms with Crippen LogP contribution in [-0.2, 0) is 4.79 Å². The SMILES string of the molecule is CCCSc1nc2n(n1)C(c1ccc(OC)cc1)C(C(=O)Nc1cccc(C)c1C)=C(C)N2. The molecule has 1 atom stereocenters. The minimum absolute atomic E-state index is 0.168. The third-order valence-electron chi connectivity index (χ3n) is 5.80. The quantitative estimate of drug-likeness (QED) is 0.461. The number of fused-ring (bicyclic) bond motifs is 1. The number of anilines is 2. The molecular formula is C25H29N5O2S. The first-order valence-electron chi connectivity index (χ1n) is 11.0. The molecule has 1 aromatic heterocycles. The molecule has 8 heteroatoms. The maximum atomic E-state index is 13.6. The molecule has 0 radical (unpaired) electrons. The average Bonchev–Trinajstić information content (AvgIpc) is 3.22. The van der Waals surface area contributed by atoms with Crippen molar-refractivity contribution in [3.05, 3.63) is 70.4 Å². The number of rotatable bonds is 7. The van der Waals surface area contributed by atoms with Gasteiger partial charge < -0.3 is 15.4 Å². The van der Waals surface area contributed by atoms with Crippen LogP contribution in [0.2, 0.25) is 0 Å². The molecule has 4 rings (SSSR count). The maximum Gasteiger partial charge on any atom is 0.255 e. The van der Waals surface area contributed by atoms with Crippen LogP contribution in [0.5, 0.6) is 5.75 Å². The summed E-state index contributed by atoms with van der Waals surface area (Å²) in [5.41, 5.74) is 5.27. The highest BCUT2D eigenvalue weighted by molar-refractivity contribution is 7.99. The number of thioether (sulfide) groups is 1. The smallest absolute Gasteiger partial charge is 0.255 e. The second-order valence-corrected chi connectivity index (χ2v) is 9.11. The van der Waals surface area contributed by atoms with E-state index < -0.39 is 6.04 Å². The lowest BCUT2D eigenvalue weighted by Gasteiger charge is -2.29. The molecule has 0 aliphatic carbocycles. The van der Waals surface area contributed by atoms with Crippen molar-refractivity contribution in [3.8, 4) is 5.75 Å². The van der Waals surface area contributed by atoms with E-state index in [1.165, 1.54) is 0 Å². The lowest BCUT2D eigenvalue weighted by atomic mass is 9.94. The number of nitrogens with one attached hydrogen (secondary N) is 2. The average molecular weight is 464 g/mol. The monoisotopic (exact) mass is 463 g/mol. The van der Waals surface area contributed by atoms with Gasteiger partial charge in [0.2, 0.25) is 11.1 Å². The lowest BCUT2D eigenvalue weighted by Crippen LogP contribution is -2.31. The summed E-state index contributed by atoms with van der Waals surface area (Å²) >= 11 is 1.61. The van der Waals surface area contributed by atoms with Gasteiger partial charge in [-0.2, -0.15) is 4.98 Å². The predicted molar refractivity (Wildman–Crippen MR) is 133 cm³/mol. The van der Waals surface area contributed by atoms with Gasteiger partial charge in [-0.25, -0.2) is 4.68 Å². The fraction of sp³-hybridized carbons (Fsp3) is 0.320. The molecule has 7 nitrogen and oxygen atoms in total. The summed E-state index contributed by atoms with van der Waals surface area (Å²) in [6, 6.07) is 13.2.